The van der Waals surface area contributed by atoms with Gasteiger partial charge in [-0.05, 0) is 12.8 Å². The molecule has 84 valence electrons. The summed E-state index contributed by atoms with van der Waals surface area (Å²) >= 11 is 0. The topological polar surface area (TPSA) is 121 Å². The molecule has 0 aromatic heterocycles. The number of hydrogen-bond acceptors (Lipinski definition) is 6. The molecule has 0 aromatic carbocycles. The van der Waals surface area contributed by atoms with Gasteiger partial charge in [0.05, 0.1) is 24.1 Å². The van der Waals surface area contributed by atoms with Crippen LogP contribution in [0.4, 0.5) is 0 Å². The largest absolute Gasteiger partial charge is 2.00 e. The Labute approximate surface area is 128 Å². The number of rotatable bonds is 4. The van der Waals surface area contributed by atoms with Gasteiger partial charge in [-0.25, -0.2) is 0 Å². The summed E-state index contributed by atoms with van der Waals surface area (Å²) in [6.45, 7) is 3.14. The van der Waals surface area contributed by atoms with E-state index in [0.717, 1.165) is 0 Å². The van der Waals surface area contributed by atoms with Crippen LogP contribution in [0.15, 0.2) is 0 Å². The van der Waals surface area contributed by atoms with Gasteiger partial charge in [0.2, 0.25) is 0 Å². The fourth-order valence-corrected chi connectivity index (χ4v) is 0.333. The van der Waals surface area contributed by atoms with Crippen LogP contribution in [-0.2, 0) is 9.59 Å². The summed E-state index contributed by atoms with van der Waals surface area (Å²) in [7, 11) is 0. The van der Waals surface area contributed by atoms with Crippen LogP contribution in [-0.4, -0.2) is 83.2 Å². The standard InChI is InChI=1S/2C4H8O3.Ba/c2*1-2-3(5)4(6)7;/h2*3,5H,2H2,1H3,(H,6,7);/q;;+2/p-2/t2*3-;/m11./s1. The molecule has 0 aliphatic rings. The van der Waals surface area contributed by atoms with Crippen LogP contribution in [0.5, 0.6) is 0 Å². The van der Waals surface area contributed by atoms with Crippen molar-refractivity contribution in [2.24, 2.45) is 0 Å². The first kappa shape index (κ1) is 20.8. The van der Waals surface area contributed by atoms with Crippen LogP contribution in [0, 0.1) is 0 Å². The monoisotopic (exact) mass is 344 g/mol. The van der Waals surface area contributed by atoms with Gasteiger partial charge in [-0.3, -0.25) is 0 Å². The van der Waals surface area contributed by atoms with E-state index in [0.29, 0.717) is 0 Å². The molecular weight excluding hydrogens is 329 g/mol. The normalized spacial score (nSPS) is 12.5. The SMILES string of the molecule is CC[C@@H](O)C(=O)[O-].CC[C@@H](O)C(=O)[O-].[Ba+2]. The molecule has 0 amide bonds. The molecule has 6 nitrogen and oxygen atoms in total. The van der Waals surface area contributed by atoms with Crippen LogP contribution < -0.4 is 10.2 Å². The number of aliphatic hydroxyl groups is 2. The molecule has 0 fully saturated rings. The number of hydrogen-bond donors (Lipinski definition) is 2. The summed E-state index contributed by atoms with van der Waals surface area (Å²) < 4.78 is 0. The van der Waals surface area contributed by atoms with Crippen molar-refractivity contribution in [3.63, 3.8) is 0 Å². The minimum Gasteiger partial charge on any atom is -0.547 e. The van der Waals surface area contributed by atoms with Crippen LogP contribution in [0.1, 0.15) is 26.7 Å². The van der Waals surface area contributed by atoms with E-state index >= 15 is 0 Å². The molecule has 0 unspecified atom stereocenters. The van der Waals surface area contributed by atoms with E-state index in [-0.39, 0.29) is 61.7 Å². The van der Waals surface area contributed by atoms with E-state index in [2.05, 4.69) is 0 Å². The Morgan fingerprint density at radius 3 is 1.20 bits per heavy atom. The molecule has 0 aromatic rings. The summed E-state index contributed by atoms with van der Waals surface area (Å²) in [6, 6.07) is 0. The van der Waals surface area contributed by atoms with E-state index in [9.17, 15) is 19.8 Å². The molecular formula is C8H14BaO6. The molecule has 0 spiro atoms. The molecule has 2 N–H and O–H groups in total. The molecule has 7 heteroatoms. The summed E-state index contributed by atoms with van der Waals surface area (Å²) in [5, 5.41) is 35.7. The van der Waals surface area contributed by atoms with E-state index < -0.39 is 24.1 Å². The maximum absolute atomic E-state index is 9.57. The minimum absolute atomic E-state index is 0. The van der Waals surface area contributed by atoms with E-state index in [1.165, 1.54) is 0 Å². The summed E-state index contributed by atoms with van der Waals surface area (Å²) in [5.74, 6) is -2.80. The van der Waals surface area contributed by atoms with Gasteiger partial charge in [0.15, 0.2) is 0 Å². The van der Waals surface area contributed by atoms with Crippen molar-refractivity contribution in [3.8, 4) is 0 Å². The van der Waals surface area contributed by atoms with Crippen LogP contribution in [0.2, 0.25) is 0 Å². The van der Waals surface area contributed by atoms with Crippen molar-refractivity contribution in [2.75, 3.05) is 0 Å². The third kappa shape index (κ3) is 14.4. The molecule has 0 radical (unpaired) electrons. The Bertz CT molecular complexity index is 164. The van der Waals surface area contributed by atoms with Gasteiger partial charge in [0, 0.05) is 0 Å². The summed E-state index contributed by atoms with van der Waals surface area (Å²) in [6.07, 6.45) is -2.16. The first-order chi connectivity index (χ1) is 6.36. The Morgan fingerprint density at radius 1 is 1.00 bits per heavy atom. The van der Waals surface area contributed by atoms with Crippen LogP contribution >= 0.6 is 0 Å². The molecule has 0 rings (SSSR count). The van der Waals surface area contributed by atoms with Gasteiger partial charge in [0.1, 0.15) is 0 Å². The van der Waals surface area contributed by atoms with Crippen molar-refractivity contribution in [1.82, 2.24) is 0 Å². The zero-order valence-corrected chi connectivity index (χ0v) is 13.2. The molecule has 0 aliphatic carbocycles. The van der Waals surface area contributed by atoms with Crippen molar-refractivity contribution in [1.29, 1.82) is 0 Å². The second-order valence-corrected chi connectivity index (χ2v) is 2.49. The van der Waals surface area contributed by atoms with E-state index in [1.807, 2.05) is 0 Å². The number of carbonyl (C=O) groups excluding carboxylic acids is 2. The number of carboxylic acids is 2. The van der Waals surface area contributed by atoms with Crippen molar-refractivity contribution >= 4 is 60.8 Å². The van der Waals surface area contributed by atoms with E-state index in [4.69, 9.17) is 10.2 Å². The first-order valence-electron chi connectivity index (χ1n) is 4.14. The Hall–Kier alpha value is 0.431. The number of aliphatic hydroxyl groups excluding tert-OH is 2. The maximum Gasteiger partial charge on any atom is 2.00 e. The predicted molar refractivity (Wildman–Crippen MR) is 48.4 cm³/mol. The average molecular weight is 344 g/mol. The molecule has 0 aliphatic heterocycles. The Kier molecular flexibility index (Phi) is 17.3. The van der Waals surface area contributed by atoms with Gasteiger partial charge in [-0.15, -0.1) is 0 Å². The summed E-state index contributed by atoms with van der Waals surface area (Å²) in [5.41, 5.74) is 0. The fourth-order valence-electron chi connectivity index (χ4n) is 0.333. The third-order valence-electron chi connectivity index (χ3n) is 1.32. The number of aliphatic carboxylic acids is 2. The Morgan fingerprint density at radius 2 is 1.20 bits per heavy atom. The molecule has 2 atom stereocenters. The number of carboxylic acid groups (broad SMARTS) is 2. The molecule has 0 saturated heterocycles. The number of carbonyl (C=O) groups is 2. The molecule has 0 bridgehead atoms. The minimum atomic E-state index is -1.40. The third-order valence-corrected chi connectivity index (χ3v) is 1.32. The summed E-state index contributed by atoms with van der Waals surface area (Å²) in [4.78, 5) is 19.1. The van der Waals surface area contributed by atoms with Crippen LogP contribution in [0.3, 0.4) is 0 Å². The molecule has 15 heavy (non-hydrogen) atoms. The Balaban J connectivity index is -0.000000180. The predicted octanol–water partition coefficient (Wildman–Crippen LogP) is -3.37. The van der Waals surface area contributed by atoms with Gasteiger partial charge in [-0.1, -0.05) is 13.8 Å². The van der Waals surface area contributed by atoms with Gasteiger partial charge in [0.25, 0.3) is 0 Å². The van der Waals surface area contributed by atoms with Crippen LogP contribution in [0.25, 0.3) is 0 Å². The second-order valence-electron chi connectivity index (χ2n) is 2.49. The molecule has 0 heterocycles. The van der Waals surface area contributed by atoms with Crippen molar-refractivity contribution < 1.29 is 30.0 Å². The quantitative estimate of drug-likeness (QED) is 0.514. The smallest absolute Gasteiger partial charge is 0.547 e. The fraction of sp³-hybridized carbons (Fsp3) is 0.750. The zero-order valence-electron chi connectivity index (χ0n) is 8.80. The maximum atomic E-state index is 9.57. The van der Waals surface area contributed by atoms with Gasteiger partial charge < -0.3 is 30.0 Å². The second kappa shape index (κ2) is 12.5. The van der Waals surface area contributed by atoms with Crippen molar-refractivity contribution in [3.05, 3.63) is 0 Å². The first-order valence-corrected chi connectivity index (χ1v) is 4.14. The average Bonchev–Trinajstić information content (AvgIpc) is 2.15. The van der Waals surface area contributed by atoms with Gasteiger partial charge >= 0.3 is 48.9 Å². The van der Waals surface area contributed by atoms with Crippen molar-refractivity contribution in [2.45, 2.75) is 38.9 Å². The van der Waals surface area contributed by atoms with E-state index in [1.54, 1.807) is 13.8 Å². The van der Waals surface area contributed by atoms with Gasteiger partial charge in [-0.2, -0.15) is 0 Å². The molecule has 0 saturated carbocycles. The zero-order chi connectivity index (χ0) is 11.7.